The molecule has 3 N–H and O–H groups in total. The molecule has 7 nitrogen and oxygen atoms in total. The van der Waals surface area contributed by atoms with Crippen LogP contribution in [0.5, 0.6) is 5.75 Å². The van der Waals surface area contributed by atoms with Crippen molar-refractivity contribution in [3.8, 4) is 28.3 Å². The number of aromatic amines is 1. The van der Waals surface area contributed by atoms with Gasteiger partial charge in [0.2, 0.25) is 0 Å². The van der Waals surface area contributed by atoms with Crippen LogP contribution in [0.4, 0.5) is 10.2 Å². The predicted octanol–water partition coefficient (Wildman–Crippen LogP) is 2.91. The summed E-state index contributed by atoms with van der Waals surface area (Å²) in [6.45, 7) is 0. The summed E-state index contributed by atoms with van der Waals surface area (Å²) in [4.78, 5) is 10.9. The normalized spacial score (nSPS) is 25.9. The highest BCUT2D eigenvalue weighted by Crippen LogP contribution is 2.34. The molecule has 8 heteroatoms. The van der Waals surface area contributed by atoms with Crippen molar-refractivity contribution in [3.05, 3.63) is 42.9 Å². The smallest absolute Gasteiger partial charge is 0.147 e. The van der Waals surface area contributed by atoms with Crippen LogP contribution in [0.2, 0.25) is 0 Å². The van der Waals surface area contributed by atoms with Gasteiger partial charge in [-0.2, -0.15) is 5.10 Å². The number of phenolic OH excluding ortho intramolecular Hbond substituents is 1. The molecule has 2 bridgehead atoms. The summed E-state index contributed by atoms with van der Waals surface area (Å²) in [5.74, 6) is 0.752. The van der Waals surface area contributed by atoms with E-state index >= 15 is 0 Å². The standard InChI is InChI=1S/C21H23FN6O/c1-28(18-9-13-3-5-16(26-13)21(18)22)20-11-23-17(10-24-20)14-4-2-12(8-19(14)29)15-6-7-25-27-15/h2,4,6-8,10-11,13,16,18,21,26,29H,3,5,9H2,1H3,(H,25,27)/t13?,16?,18-,21+/m1/s1. The Balaban J connectivity index is 1.36. The summed E-state index contributed by atoms with van der Waals surface area (Å²) >= 11 is 0. The van der Waals surface area contributed by atoms with Crippen molar-refractivity contribution >= 4 is 5.82 Å². The third-order valence-electron chi connectivity index (χ3n) is 6.14. The molecule has 5 rings (SSSR count). The van der Waals surface area contributed by atoms with Crippen LogP contribution < -0.4 is 10.2 Å². The maximum Gasteiger partial charge on any atom is 0.147 e. The molecule has 4 heterocycles. The number of anilines is 1. The summed E-state index contributed by atoms with van der Waals surface area (Å²) in [5.41, 5.74) is 2.82. The van der Waals surface area contributed by atoms with E-state index < -0.39 is 6.17 Å². The Morgan fingerprint density at radius 1 is 1.17 bits per heavy atom. The number of aromatic hydroxyl groups is 1. The minimum Gasteiger partial charge on any atom is -0.507 e. The quantitative estimate of drug-likeness (QED) is 0.630. The van der Waals surface area contributed by atoms with Gasteiger partial charge < -0.3 is 15.3 Å². The van der Waals surface area contributed by atoms with E-state index in [0.717, 1.165) is 30.5 Å². The summed E-state index contributed by atoms with van der Waals surface area (Å²) < 4.78 is 14.8. The third kappa shape index (κ3) is 3.23. The molecule has 2 fully saturated rings. The molecule has 0 amide bonds. The van der Waals surface area contributed by atoms with Crippen molar-refractivity contribution in [2.75, 3.05) is 11.9 Å². The zero-order chi connectivity index (χ0) is 20.0. The summed E-state index contributed by atoms with van der Waals surface area (Å²) in [5, 5.41) is 20.6. The predicted molar refractivity (Wildman–Crippen MR) is 108 cm³/mol. The van der Waals surface area contributed by atoms with Crippen LogP contribution in [0.15, 0.2) is 42.9 Å². The number of piperidine rings is 1. The summed E-state index contributed by atoms with van der Waals surface area (Å²) in [6.07, 6.45) is 6.72. The van der Waals surface area contributed by atoms with Gasteiger partial charge in [-0.3, -0.25) is 10.1 Å². The largest absolute Gasteiger partial charge is 0.507 e. The fourth-order valence-electron chi connectivity index (χ4n) is 4.49. The molecule has 3 aromatic rings. The molecule has 4 atom stereocenters. The molecule has 29 heavy (non-hydrogen) atoms. The Kier molecular flexibility index (Phi) is 4.43. The number of aromatic nitrogens is 4. The van der Waals surface area contributed by atoms with Crippen molar-refractivity contribution in [1.82, 2.24) is 25.5 Å². The number of alkyl halides is 1. The second kappa shape index (κ2) is 7.11. The van der Waals surface area contributed by atoms with Gasteiger partial charge >= 0.3 is 0 Å². The van der Waals surface area contributed by atoms with E-state index in [0.29, 0.717) is 23.1 Å². The van der Waals surface area contributed by atoms with Crippen LogP contribution in [0, 0.1) is 0 Å². The van der Waals surface area contributed by atoms with Crippen LogP contribution in [0.1, 0.15) is 19.3 Å². The highest BCUT2D eigenvalue weighted by Gasteiger charge is 2.43. The van der Waals surface area contributed by atoms with E-state index in [9.17, 15) is 9.50 Å². The lowest BCUT2D eigenvalue weighted by Crippen LogP contribution is -2.55. The summed E-state index contributed by atoms with van der Waals surface area (Å²) in [6, 6.07) is 7.34. The molecule has 2 unspecified atom stereocenters. The number of halogens is 1. The first kappa shape index (κ1) is 18.1. The average Bonchev–Trinajstić information content (AvgIpc) is 3.41. The second-order valence-corrected chi connectivity index (χ2v) is 7.87. The second-order valence-electron chi connectivity index (χ2n) is 7.87. The Morgan fingerprint density at radius 2 is 2.07 bits per heavy atom. The zero-order valence-corrected chi connectivity index (χ0v) is 16.1. The van der Waals surface area contributed by atoms with E-state index in [1.165, 1.54) is 0 Å². The lowest BCUT2D eigenvalue weighted by molar-refractivity contribution is 0.176. The Bertz CT molecular complexity index is 993. The molecule has 2 aliphatic rings. The summed E-state index contributed by atoms with van der Waals surface area (Å²) in [7, 11) is 1.88. The molecular formula is C21H23FN6O. The number of rotatable bonds is 4. The number of nitrogens with zero attached hydrogens (tertiary/aromatic N) is 4. The van der Waals surface area contributed by atoms with Crippen LogP contribution >= 0.6 is 0 Å². The molecule has 2 aliphatic heterocycles. The average molecular weight is 394 g/mol. The molecule has 0 saturated carbocycles. The minimum absolute atomic E-state index is 0.0567. The maximum atomic E-state index is 14.8. The van der Waals surface area contributed by atoms with Crippen molar-refractivity contribution in [2.24, 2.45) is 0 Å². The SMILES string of the molecule is CN(c1cnc(-c2ccc(-c3ccn[nH]3)cc2O)cn1)[C@@H]1CC2CCC(N2)[C@@H]1F. The lowest BCUT2D eigenvalue weighted by Gasteiger charge is -2.38. The first-order valence-corrected chi connectivity index (χ1v) is 9.88. The molecule has 150 valence electrons. The van der Waals surface area contributed by atoms with Crippen LogP contribution in [0.25, 0.3) is 22.5 Å². The van der Waals surface area contributed by atoms with Crippen molar-refractivity contribution < 1.29 is 9.50 Å². The van der Waals surface area contributed by atoms with Crippen LogP contribution in [-0.4, -0.2) is 56.6 Å². The number of nitrogens with one attached hydrogen (secondary N) is 2. The Morgan fingerprint density at radius 3 is 2.79 bits per heavy atom. The minimum atomic E-state index is -0.917. The Labute approximate surface area is 168 Å². The van der Waals surface area contributed by atoms with Crippen molar-refractivity contribution in [1.29, 1.82) is 0 Å². The van der Waals surface area contributed by atoms with Gasteiger partial charge in [0, 0.05) is 36.5 Å². The number of H-pyrrole nitrogens is 1. The van der Waals surface area contributed by atoms with E-state index in [1.807, 2.05) is 24.1 Å². The van der Waals surface area contributed by atoms with Gasteiger partial charge in [-0.15, -0.1) is 0 Å². The van der Waals surface area contributed by atoms with Gasteiger partial charge in [-0.05, 0) is 37.5 Å². The molecule has 2 saturated heterocycles. The number of phenols is 1. The highest BCUT2D eigenvalue weighted by atomic mass is 19.1. The number of hydrogen-bond acceptors (Lipinski definition) is 6. The van der Waals surface area contributed by atoms with Crippen molar-refractivity contribution in [2.45, 2.75) is 43.6 Å². The van der Waals surface area contributed by atoms with Crippen LogP contribution in [0.3, 0.4) is 0 Å². The van der Waals surface area contributed by atoms with E-state index in [1.54, 1.807) is 30.7 Å². The van der Waals surface area contributed by atoms with E-state index in [-0.39, 0.29) is 17.8 Å². The van der Waals surface area contributed by atoms with Gasteiger partial charge in [-0.25, -0.2) is 9.37 Å². The van der Waals surface area contributed by atoms with Gasteiger partial charge in [0.05, 0.1) is 29.8 Å². The Hall–Kier alpha value is -3.00. The molecule has 0 radical (unpaired) electrons. The molecular weight excluding hydrogens is 371 g/mol. The number of fused-ring (bicyclic) bond motifs is 2. The van der Waals surface area contributed by atoms with E-state index in [4.69, 9.17) is 0 Å². The monoisotopic (exact) mass is 394 g/mol. The van der Waals surface area contributed by atoms with Crippen LogP contribution in [-0.2, 0) is 0 Å². The molecule has 1 aromatic carbocycles. The van der Waals surface area contributed by atoms with Gasteiger partial charge in [0.15, 0.2) is 0 Å². The van der Waals surface area contributed by atoms with Gasteiger partial charge in [0.25, 0.3) is 0 Å². The van der Waals surface area contributed by atoms with Crippen molar-refractivity contribution in [3.63, 3.8) is 0 Å². The molecule has 2 aromatic heterocycles. The first-order valence-electron chi connectivity index (χ1n) is 9.88. The zero-order valence-electron chi connectivity index (χ0n) is 16.1. The molecule has 0 aliphatic carbocycles. The third-order valence-corrected chi connectivity index (χ3v) is 6.14. The van der Waals surface area contributed by atoms with Gasteiger partial charge in [0.1, 0.15) is 17.7 Å². The maximum absolute atomic E-state index is 14.8. The fourth-order valence-corrected chi connectivity index (χ4v) is 4.49. The van der Waals surface area contributed by atoms with Gasteiger partial charge in [-0.1, -0.05) is 6.07 Å². The number of benzene rings is 1. The highest BCUT2D eigenvalue weighted by molar-refractivity contribution is 5.72. The van der Waals surface area contributed by atoms with E-state index in [2.05, 4.69) is 25.5 Å². The lowest BCUT2D eigenvalue weighted by atomic mass is 9.96. The fraction of sp³-hybridized carbons (Fsp3) is 0.381. The number of hydrogen-bond donors (Lipinski definition) is 3. The first-order chi connectivity index (χ1) is 14.1. The molecule has 0 spiro atoms. The topological polar surface area (TPSA) is 90.0 Å².